The molecule has 3 rings (SSSR count). The fourth-order valence-electron chi connectivity index (χ4n) is 3.27. The monoisotopic (exact) mass is 390 g/mol. The summed E-state index contributed by atoms with van der Waals surface area (Å²) in [7, 11) is 0. The molecule has 0 radical (unpaired) electrons. The number of benzene rings is 1. The minimum absolute atomic E-state index is 0.0251. The van der Waals surface area contributed by atoms with Gasteiger partial charge in [-0.15, -0.1) is 0 Å². The van der Waals surface area contributed by atoms with Gasteiger partial charge in [0.1, 0.15) is 0 Å². The van der Waals surface area contributed by atoms with Crippen molar-refractivity contribution in [1.29, 1.82) is 0 Å². The van der Waals surface area contributed by atoms with Crippen LogP contribution >= 0.6 is 11.6 Å². The molecular formula is C20H27ClN4O2. The Balaban J connectivity index is 1.34. The van der Waals surface area contributed by atoms with Gasteiger partial charge in [0.25, 0.3) is 0 Å². The molecule has 27 heavy (non-hydrogen) atoms. The van der Waals surface area contributed by atoms with Crippen molar-refractivity contribution < 1.29 is 9.32 Å². The smallest absolute Gasteiger partial charge is 0.227 e. The van der Waals surface area contributed by atoms with Crippen molar-refractivity contribution in [3.63, 3.8) is 0 Å². The minimum atomic E-state index is 0.0251. The molecule has 146 valence electrons. The van der Waals surface area contributed by atoms with Crippen LogP contribution in [0.4, 0.5) is 0 Å². The summed E-state index contributed by atoms with van der Waals surface area (Å²) in [5.74, 6) is 1.01. The standard InChI is InChI=1S/C20H27ClN4O2/c21-17-8-6-16(7-9-17)20-23-19(27-24-20)11-10-18(26)22-12-5-15-25-13-3-1-2-4-14-25/h6-9H,1-5,10-15H2,(H,22,26). The molecule has 0 saturated carbocycles. The Kier molecular flexibility index (Phi) is 7.66. The van der Waals surface area contributed by atoms with Crippen molar-refractivity contribution in [2.24, 2.45) is 0 Å². The average Bonchev–Trinajstić information content (AvgIpc) is 3.00. The van der Waals surface area contributed by atoms with E-state index in [0.717, 1.165) is 25.1 Å². The number of nitrogens with one attached hydrogen (secondary N) is 1. The van der Waals surface area contributed by atoms with Gasteiger partial charge in [0, 0.05) is 30.0 Å². The maximum atomic E-state index is 12.0. The number of halogens is 1. The molecule has 0 aliphatic carbocycles. The highest BCUT2D eigenvalue weighted by Crippen LogP contribution is 2.19. The van der Waals surface area contributed by atoms with Gasteiger partial charge in [0.2, 0.25) is 17.6 Å². The fraction of sp³-hybridized carbons (Fsp3) is 0.550. The Morgan fingerprint density at radius 3 is 2.63 bits per heavy atom. The number of hydrogen-bond acceptors (Lipinski definition) is 5. The van der Waals surface area contributed by atoms with E-state index in [4.69, 9.17) is 16.1 Å². The molecule has 1 saturated heterocycles. The number of likely N-dealkylation sites (tertiary alicyclic amines) is 1. The number of aryl methyl sites for hydroxylation is 1. The predicted molar refractivity (Wildman–Crippen MR) is 106 cm³/mol. The molecule has 1 amide bonds. The summed E-state index contributed by atoms with van der Waals surface area (Å²) < 4.78 is 5.24. The van der Waals surface area contributed by atoms with Crippen LogP contribution in [0.5, 0.6) is 0 Å². The highest BCUT2D eigenvalue weighted by Gasteiger charge is 2.11. The van der Waals surface area contributed by atoms with Gasteiger partial charge in [-0.1, -0.05) is 29.6 Å². The van der Waals surface area contributed by atoms with Crippen LogP contribution in [0, 0.1) is 0 Å². The molecule has 0 spiro atoms. The summed E-state index contributed by atoms with van der Waals surface area (Å²) in [6, 6.07) is 7.25. The Labute approximate surface area is 165 Å². The molecule has 1 N–H and O–H groups in total. The van der Waals surface area contributed by atoms with E-state index in [2.05, 4.69) is 20.4 Å². The van der Waals surface area contributed by atoms with Crippen molar-refractivity contribution in [2.75, 3.05) is 26.2 Å². The lowest BCUT2D eigenvalue weighted by Gasteiger charge is -2.19. The van der Waals surface area contributed by atoms with Crippen LogP contribution in [0.1, 0.15) is 44.4 Å². The van der Waals surface area contributed by atoms with Crippen LogP contribution in [0.15, 0.2) is 28.8 Å². The zero-order valence-corrected chi connectivity index (χ0v) is 16.4. The fourth-order valence-corrected chi connectivity index (χ4v) is 3.40. The summed E-state index contributed by atoms with van der Waals surface area (Å²) in [5.41, 5.74) is 0.840. The zero-order chi connectivity index (χ0) is 18.9. The molecule has 1 fully saturated rings. The number of nitrogens with zero attached hydrogens (tertiary/aromatic N) is 3. The molecule has 0 atom stereocenters. The number of carbonyl (C=O) groups is 1. The second-order valence-corrected chi connectivity index (χ2v) is 7.41. The number of hydrogen-bond donors (Lipinski definition) is 1. The lowest BCUT2D eigenvalue weighted by atomic mass is 10.2. The van der Waals surface area contributed by atoms with Gasteiger partial charge in [-0.2, -0.15) is 4.98 Å². The van der Waals surface area contributed by atoms with Gasteiger partial charge in [-0.05, 0) is 63.2 Å². The molecule has 1 aliphatic heterocycles. The number of carbonyl (C=O) groups excluding carboxylic acids is 1. The summed E-state index contributed by atoms with van der Waals surface area (Å²) >= 11 is 5.88. The first-order valence-electron chi connectivity index (χ1n) is 9.78. The molecule has 2 aromatic rings. The molecule has 2 heterocycles. The Bertz CT molecular complexity index is 709. The largest absolute Gasteiger partial charge is 0.356 e. The Morgan fingerprint density at radius 1 is 1.15 bits per heavy atom. The van der Waals surface area contributed by atoms with Gasteiger partial charge in [-0.3, -0.25) is 4.79 Å². The lowest BCUT2D eigenvalue weighted by molar-refractivity contribution is -0.121. The van der Waals surface area contributed by atoms with E-state index in [0.29, 0.717) is 29.6 Å². The summed E-state index contributed by atoms with van der Waals surface area (Å²) in [4.78, 5) is 18.9. The number of rotatable bonds is 8. The third-order valence-electron chi connectivity index (χ3n) is 4.81. The first-order chi connectivity index (χ1) is 13.2. The maximum absolute atomic E-state index is 12.0. The second kappa shape index (κ2) is 10.4. The van der Waals surface area contributed by atoms with Crippen LogP contribution in [-0.4, -0.2) is 47.1 Å². The summed E-state index contributed by atoms with van der Waals surface area (Å²) in [5, 5.41) is 7.61. The first-order valence-corrected chi connectivity index (χ1v) is 10.2. The zero-order valence-electron chi connectivity index (χ0n) is 15.6. The van der Waals surface area contributed by atoms with Crippen molar-refractivity contribution in [2.45, 2.75) is 44.9 Å². The van der Waals surface area contributed by atoms with E-state index >= 15 is 0 Å². The van der Waals surface area contributed by atoms with Crippen LogP contribution in [0.2, 0.25) is 5.02 Å². The highest BCUT2D eigenvalue weighted by atomic mass is 35.5. The van der Waals surface area contributed by atoms with Crippen molar-refractivity contribution >= 4 is 17.5 Å². The summed E-state index contributed by atoms with van der Waals surface area (Å²) in [6.07, 6.45) is 7.09. The van der Waals surface area contributed by atoms with Gasteiger partial charge >= 0.3 is 0 Å². The highest BCUT2D eigenvalue weighted by molar-refractivity contribution is 6.30. The molecule has 7 heteroatoms. The Hall–Kier alpha value is -1.92. The average molecular weight is 391 g/mol. The normalized spacial score (nSPS) is 15.4. The number of amides is 1. The van der Waals surface area contributed by atoms with Gasteiger partial charge in [0.15, 0.2) is 0 Å². The van der Waals surface area contributed by atoms with Crippen LogP contribution in [0.25, 0.3) is 11.4 Å². The topological polar surface area (TPSA) is 71.3 Å². The van der Waals surface area contributed by atoms with Crippen molar-refractivity contribution in [1.82, 2.24) is 20.4 Å². The molecule has 1 aliphatic rings. The van der Waals surface area contributed by atoms with Crippen molar-refractivity contribution in [3.8, 4) is 11.4 Å². The van der Waals surface area contributed by atoms with Gasteiger partial charge in [0.05, 0.1) is 0 Å². The van der Waals surface area contributed by atoms with Crippen LogP contribution < -0.4 is 5.32 Å². The Morgan fingerprint density at radius 2 is 1.89 bits per heavy atom. The third-order valence-corrected chi connectivity index (χ3v) is 5.06. The third kappa shape index (κ3) is 6.63. The lowest BCUT2D eigenvalue weighted by Crippen LogP contribution is -2.30. The molecular weight excluding hydrogens is 364 g/mol. The maximum Gasteiger partial charge on any atom is 0.227 e. The SMILES string of the molecule is O=C(CCc1nc(-c2ccc(Cl)cc2)no1)NCCCN1CCCCCC1. The second-order valence-electron chi connectivity index (χ2n) is 6.98. The quantitative estimate of drug-likeness (QED) is 0.696. The number of aromatic nitrogens is 2. The molecule has 0 unspecified atom stereocenters. The predicted octanol–water partition coefficient (Wildman–Crippen LogP) is 3.70. The van der Waals surface area contributed by atoms with Crippen LogP contribution in [-0.2, 0) is 11.2 Å². The van der Waals surface area contributed by atoms with Crippen LogP contribution in [0.3, 0.4) is 0 Å². The van der Waals surface area contributed by atoms with Gasteiger partial charge in [-0.25, -0.2) is 0 Å². The molecule has 1 aromatic heterocycles. The van der Waals surface area contributed by atoms with E-state index in [-0.39, 0.29) is 5.91 Å². The molecule has 6 nitrogen and oxygen atoms in total. The first kappa shape index (κ1) is 19.8. The molecule has 0 bridgehead atoms. The van der Waals surface area contributed by atoms with E-state index in [9.17, 15) is 4.79 Å². The van der Waals surface area contributed by atoms with E-state index in [1.54, 1.807) is 12.1 Å². The minimum Gasteiger partial charge on any atom is -0.356 e. The van der Waals surface area contributed by atoms with Crippen molar-refractivity contribution in [3.05, 3.63) is 35.2 Å². The molecule has 1 aromatic carbocycles. The summed E-state index contributed by atoms with van der Waals surface area (Å²) in [6.45, 7) is 4.17. The van der Waals surface area contributed by atoms with Gasteiger partial charge < -0.3 is 14.7 Å². The van der Waals surface area contributed by atoms with E-state index in [1.165, 1.54) is 38.8 Å². The van der Waals surface area contributed by atoms with E-state index < -0.39 is 0 Å². The van der Waals surface area contributed by atoms with E-state index in [1.807, 2.05) is 12.1 Å².